The van der Waals surface area contributed by atoms with Crippen LogP contribution in [0.1, 0.15) is 18.4 Å². The summed E-state index contributed by atoms with van der Waals surface area (Å²) in [6.07, 6.45) is 0.112. The van der Waals surface area contributed by atoms with Gasteiger partial charge in [-0.05, 0) is 41.7 Å². The van der Waals surface area contributed by atoms with Crippen LogP contribution in [0.2, 0.25) is 0 Å². The van der Waals surface area contributed by atoms with Crippen LogP contribution in [-0.2, 0) is 16.5 Å². The van der Waals surface area contributed by atoms with E-state index >= 15 is 0 Å². The van der Waals surface area contributed by atoms with Gasteiger partial charge >= 0.3 is 10.1 Å². The summed E-state index contributed by atoms with van der Waals surface area (Å²) in [4.78, 5) is 30.6. The summed E-state index contributed by atoms with van der Waals surface area (Å²) in [5, 5.41) is 0. The summed E-state index contributed by atoms with van der Waals surface area (Å²) in [7, 11) is -10.3. The summed E-state index contributed by atoms with van der Waals surface area (Å²) < 4.78 is 31.9. The molecule has 0 aromatic heterocycles. The van der Waals surface area contributed by atoms with E-state index in [0.717, 1.165) is 21.2 Å². The summed E-state index contributed by atoms with van der Waals surface area (Å²) in [5.74, 6) is 0. The van der Waals surface area contributed by atoms with Crippen molar-refractivity contribution in [2.45, 2.75) is 24.3 Å². The maximum Gasteiger partial charge on any atom is 0.301 e. The molecule has 136 valence electrons. The zero-order valence-electron chi connectivity index (χ0n) is 13.0. The van der Waals surface area contributed by atoms with Crippen molar-refractivity contribution in [3.05, 3.63) is 58.6 Å². The van der Waals surface area contributed by atoms with E-state index in [2.05, 4.69) is 15.9 Å². The van der Waals surface area contributed by atoms with E-state index in [0.29, 0.717) is 6.42 Å². The Kier molecular flexibility index (Phi) is 6.73. The van der Waals surface area contributed by atoms with Crippen LogP contribution < -0.4 is 14.7 Å². The van der Waals surface area contributed by atoms with Crippen molar-refractivity contribution in [2.24, 2.45) is 0 Å². The Morgan fingerprint density at radius 1 is 0.960 bits per heavy atom. The van der Waals surface area contributed by atoms with Gasteiger partial charge in [0.05, 0.1) is 0 Å². The van der Waals surface area contributed by atoms with Gasteiger partial charge in [0.1, 0.15) is 0 Å². The Balaban J connectivity index is 1.99. The van der Waals surface area contributed by atoms with Gasteiger partial charge in [-0.25, -0.2) is 0 Å². The fourth-order valence-corrected chi connectivity index (χ4v) is 4.99. The lowest BCUT2D eigenvalue weighted by molar-refractivity contribution is -0.428. The molecule has 0 saturated carbocycles. The maximum absolute atomic E-state index is 11.0. The Hall–Kier alpha value is -0.860. The summed E-state index contributed by atoms with van der Waals surface area (Å²) >= 11 is 3.37. The van der Waals surface area contributed by atoms with Gasteiger partial charge in [-0.3, -0.25) is 4.55 Å². The van der Waals surface area contributed by atoms with Crippen molar-refractivity contribution < 1.29 is 27.7 Å². The largest absolute Gasteiger partial charge is 0.687 e. The van der Waals surface area contributed by atoms with Gasteiger partial charge in [-0.15, -0.1) is 7.94 Å². The standard InChI is InChI=1S/C16H18BrO6PS/c17-15-10-8-14(9-11-15)13-6-4-12(5-7-13)2-1-3-16(24(18,19)20)25(21,22)23/h4-11,16H,1-3H2,(H2,18,19,20)(H,21,22,23)/p-2. The highest BCUT2D eigenvalue weighted by Gasteiger charge is 2.30. The van der Waals surface area contributed by atoms with Crippen LogP contribution in [0.4, 0.5) is 0 Å². The molecule has 0 fully saturated rings. The van der Waals surface area contributed by atoms with Crippen molar-refractivity contribution in [2.75, 3.05) is 0 Å². The maximum atomic E-state index is 11.0. The highest BCUT2D eigenvalue weighted by atomic mass is 79.9. The van der Waals surface area contributed by atoms with Gasteiger partial charge < -0.3 is 14.7 Å². The summed E-state index contributed by atoms with van der Waals surface area (Å²) in [6.45, 7) is 0. The number of hydrogen-bond acceptors (Lipinski definition) is 5. The molecule has 0 aliphatic heterocycles. The van der Waals surface area contributed by atoms with Crippen molar-refractivity contribution in [3.8, 4) is 11.1 Å². The first-order chi connectivity index (χ1) is 11.6. The average molecular weight is 447 g/mol. The van der Waals surface area contributed by atoms with Crippen molar-refractivity contribution in [1.82, 2.24) is 0 Å². The lowest BCUT2D eigenvalue weighted by Gasteiger charge is -2.46. The average Bonchev–Trinajstić information content (AvgIpc) is 2.50. The fraction of sp³-hybridized carbons (Fsp3) is 0.250. The van der Waals surface area contributed by atoms with Crippen LogP contribution in [0.5, 0.6) is 0 Å². The molecule has 0 saturated heterocycles. The quantitative estimate of drug-likeness (QED) is 0.507. The molecule has 0 radical (unpaired) electrons. The molecule has 0 spiro atoms. The molecular weight excluding hydrogens is 431 g/mol. The first-order valence-electron chi connectivity index (χ1n) is 7.40. The van der Waals surface area contributed by atoms with E-state index < -0.39 is 29.5 Å². The van der Waals surface area contributed by atoms with E-state index in [4.69, 9.17) is 4.55 Å². The third-order valence-corrected chi connectivity index (χ3v) is 7.73. The normalized spacial score (nSPS) is 13.6. The van der Waals surface area contributed by atoms with Gasteiger partial charge in [0.25, 0.3) is 0 Å². The first-order valence-corrected chi connectivity index (χ1v) is 11.3. The zero-order valence-corrected chi connectivity index (χ0v) is 16.3. The second-order valence-electron chi connectivity index (χ2n) is 5.61. The molecular formula is C16H16BrO6PS-2. The third kappa shape index (κ3) is 6.11. The van der Waals surface area contributed by atoms with Crippen LogP contribution in [0.3, 0.4) is 0 Å². The Bertz CT molecular complexity index is 800. The lowest BCUT2D eigenvalue weighted by atomic mass is 10.0. The minimum absolute atomic E-state index is 0.149. The van der Waals surface area contributed by atoms with Crippen LogP contribution in [0, 0.1) is 0 Å². The van der Waals surface area contributed by atoms with E-state index in [-0.39, 0.29) is 6.42 Å². The molecule has 0 heterocycles. The molecule has 25 heavy (non-hydrogen) atoms. The molecule has 0 aliphatic rings. The minimum atomic E-state index is -5.41. The molecule has 2 rings (SSSR count). The molecule has 1 N–H and O–H groups in total. The smallest absolute Gasteiger partial charge is 0.301 e. The number of aryl methyl sites for hydroxylation is 1. The van der Waals surface area contributed by atoms with Gasteiger partial charge in [0, 0.05) is 10.9 Å². The molecule has 1 unspecified atom stereocenters. The summed E-state index contributed by atoms with van der Waals surface area (Å²) in [6, 6.07) is 15.3. The lowest BCUT2D eigenvalue weighted by Crippen LogP contribution is -2.44. The van der Waals surface area contributed by atoms with Gasteiger partial charge in [-0.2, -0.15) is 8.42 Å². The topological polar surface area (TPSA) is 124 Å². The van der Waals surface area contributed by atoms with E-state index in [9.17, 15) is 23.1 Å². The van der Waals surface area contributed by atoms with Crippen LogP contribution in [0.15, 0.2) is 53.0 Å². The summed E-state index contributed by atoms with van der Waals surface area (Å²) in [5.41, 5.74) is 2.93. The highest BCUT2D eigenvalue weighted by molar-refractivity contribution is 9.10. The van der Waals surface area contributed by atoms with Gasteiger partial charge in [-0.1, -0.05) is 52.3 Å². The van der Waals surface area contributed by atoms with E-state index in [1.165, 1.54) is 0 Å². The molecule has 1 atom stereocenters. The minimum Gasteiger partial charge on any atom is -0.687 e. The SMILES string of the molecule is O=S(=O)(O)C(CCCc1ccc(-c2ccc(Br)cc2)cc1)[P+]([O-])([O-])[O-]. The second kappa shape index (κ2) is 8.22. The number of halogens is 1. The van der Waals surface area contributed by atoms with Gasteiger partial charge in [0.2, 0.25) is 0 Å². The Morgan fingerprint density at radius 2 is 1.44 bits per heavy atom. The van der Waals surface area contributed by atoms with Crippen molar-refractivity contribution in [1.29, 1.82) is 0 Å². The first kappa shape index (κ1) is 20.5. The monoisotopic (exact) mass is 446 g/mol. The van der Waals surface area contributed by atoms with Crippen LogP contribution in [0.25, 0.3) is 11.1 Å². The Morgan fingerprint density at radius 3 is 1.88 bits per heavy atom. The highest BCUT2D eigenvalue weighted by Crippen LogP contribution is 2.41. The fourth-order valence-electron chi connectivity index (χ4n) is 2.46. The number of rotatable bonds is 7. The molecule has 0 bridgehead atoms. The molecule has 6 nitrogen and oxygen atoms in total. The third-order valence-electron chi connectivity index (χ3n) is 3.74. The molecule has 9 heteroatoms. The zero-order chi connectivity index (χ0) is 18.7. The van der Waals surface area contributed by atoms with Crippen LogP contribution >= 0.6 is 23.9 Å². The number of hydrogen-bond donors (Lipinski definition) is 1. The van der Waals surface area contributed by atoms with Crippen LogP contribution in [-0.4, -0.2) is 18.0 Å². The van der Waals surface area contributed by atoms with Crippen molar-refractivity contribution >= 4 is 34.0 Å². The second-order valence-corrected chi connectivity index (χ2v) is 10.2. The molecule has 0 aliphatic carbocycles. The van der Waals surface area contributed by atoms with Gasteiger partial charge in [0.15, 0.2) is 4.99 Å². The number of benzene rings is 2. The Labute approximate surface area is 155 Å². The molecule has 0 amide bonds. The molecule has 2 aromatic carbocycles. The molecule has 2 aromatic rings. The van der Waals surface area contributed by atoms with Crippen molar-refractivity contribution in [3.63, 3.8) is 0 Å². The predicted octanol–water partition coefficient (Wildman–Crippen LogP) is 1.50. The predicted molar refractivity (Wildman–Crippen MR) is 94.8 cm³/mol. The van der Waals surface area contributed by atoms with E-state index in [1.807, 2.05) is 48.5 Å². The van der Waals surface area contributed by atoms with E-state index in [1.54, 1.807) is 0 Å².